The Bertz CT molecular complexity index is 1180. The number of sulfonamides is 1. The third-order valence-corrected chi connectivity index (χ3v) is 8.95. The third-order valence-electron chi connectivity index (χ3n) is 6.49. The lowest BCUT2D eigenvalue weighted by atomic mass is 9.96. The van der Waals surface area contributed by atoms with Crippen LogP contribution in [0, 0.1) is 12.8 Å². The number of carbonyl (C=O) groups is 2. The fraction of sp³-hybridized carbons (Fsp3) is 0.417. The van der Waals surface area contributed by atoms with E-state index in [1.165, 1.54) is 4.31 Å². The minimum absolute atomic E-state index is 0.0905. The predicted molar refractivity (Wildman–Crippen MR) is 132 cm³/mol. The van der Waals surface area contributed by atoms with E-state index in [0.717, 1.165) is 12.0 Å². The second-order valence-electron chi connectivity index (χ2n) is 8.79. The lowest BCUT2D eigenvalue weighted by Crippen LogP contribution is -2.48. The van der Waals surface area contributed by atoms with Gasteiger partial charge in [-0.1, -0.05) is 40.9 Å². The van der Waals surface area contributed by atoms with E-state index >= 15 is 0 Å². The summed E-state index contributed by atoms with van der Waals surface area (Å²) in [7, 11) is -3.59. The number of likely N-dealkylation sites (tertiary alicyclic amines) is 1. The number of rotatable bonds is 5. The predicted octanol–water partition coefficient (Wildman–Crippen LogP) is 4.33. The highest BCUT2D eigenvalue weighted by atomic mass is 35.5. The van der Waals surface area contributed by atoms with Crippen LogP contribution in [0.4, 0.5) is 5.69 Å². The Kier molecular flexibility index (Phi) is 7.52. The molecule has 2 aliphatic heterocycles. The fourth-order valence-electron chi connectivity index (χ4n) is 4.55. The Morgan fingerprint density at radius 1 is 0.971 bits per heavy atom. The van der Waals surface area contributed by atoms with E-state index < -0.39 is 16.1 Å². The molecule has 0 bridgehead atoms. The zero-order chi connectivity index (χ0) is 24.5. The van der Waals surface area contributed by atoms with Crippen molar-refractivity contribution in [3.05, 3.63) is 58.1 Å². The van der Waals surface area contributed by atoms with Gasteiger partial charge in [-0.2, -0.15) is 4.31 Å². The molecule has 182 valence electrons. The van der Waals surface area contributed by atoms with Crippen LogP contribution in [0.15, 0.2) is 47.4 Å². The lowest BCUT2D eigenvalue weighted by molar-refractivity contribution is -0.141. The summed E-state index contributed by atoms with van der Waals surface area (Å²) >= 11 is 12.1. The van der Waals surface area contributed by atoms with Crippen LogP contribution in [0.25, 0.3) is 0 Å². The largest absolute Gasteiger partial charge is 0.330 e. The number of carbonyl (C=O) groups excluding carboxylic acids is 2. The molecule has 2 aliphatic rings. The van der Waals surface area contributed by atoms with Crippen molar-refractivity contribution < 1.29 is 18.0 Å². The minimum atomic E-state index is -3.59. The Morgan fingerprint density at radius 3 is 2.29 bits per heavy atom. The molecule has 0 aliphatic carbocycles. The molecule has 7 nitrogen and oxygen atoms in total. The Balaban J connectivity index is 1.38. The Labute approximate surface area is 210 Å². The highest BCUT2D eigenvalue weighted by Crippen LogP contribution is 2.30. The maximum Gasteiger partial charge on any atom is 0.247 e. The van der Waals surface area contributed by atoms with Crippen molar-refractivity contribution in [3.63, 3.8) is 0 Å². The number of aryl methyl sites for hydroxylation is 1. The number of hydrogen-bond donors (Lipinski definition) is 1. The summed E-state index contributed by atoms with van der Waals surface area (Å²) in [6.07, 6.45) is 2.16. The van der Waals surface area contributed by atoms with E-state index in [1.54, 1.807) is 47.4 Å². The quantitative estimate of drug-likeness (QED) is 0.631. The van der Waals surface area contributed by atoms with Gasteiger partial charge in [-0.15, -0.1) is 0 Å². The molecular formula is C24H27Cl2N3O4S. The molecule has 2 amide bonds. The number of amides is 2. The standard InChI is InChI=1S/C24H27Cl2N3O4S/c1-16-4-7-19(8-5-16)34(32,33)28-13-10-17(11-14-28)24(31)29-12-2-3-22(29)23(30)27-21-9-6-18(25)15-20(21)26/h4-9,15,17,22H,2-3,10-14H2,1H3,(H,27,30). The van der Waals surface area contributed by atoms with E-state index in [0.29, 0.717) is 41.5 Å². The molecule has 34 heavy (non-hydrogen) atoms. The number of nitrogens with zero attached hydrogens (tertiary/aromatic N) is 2. The molecule has 1 unspecified atom stereocenters. The summed E-state index contributed by atoms with van der Waals surface area (Å²) in [5.74, 6) is -0.682. The van der Waals surface area contributed by atoms with Gasteiger partial charge >= 0.3 is 0 Å². The van der Waals surface area contributed by atoms with Crippen LogP contribution in [0.5, 0.6) is 0 Å². The van der Waals surface area contributed by atoms with Crippen LogP contribution in [0.3, 0.4) is 0 Å². The van der Waals surface area contributed by atoms with Crippen LogP contribution < -0.4 is 5.32 Å². The van der Waals surface area contributed by atoms with Crippen LogP contribution in [-0.4, -0.2) is 55.1 Å². The lowest BCUT2D eigenvalue weighted by Gasteiger charge is -2.34. The van der Waals surface area contributed by atoms with Crippen molar-refractivity contribution in [2.45, 2.75) is 43.5 Å². The normalized spacial score (nSPS) is 19.9. The minimum Gasteiger partial charge on any atom is -0.330 e. The molecular weight excluding hydrogens is 497 g/mol. The Hall–Kier alpha value is -2.13. The zero-order valence-corrected chi connectivity index (χ0v) is 21.2. The average molecular weight is 524 g/mol. The molecule has 2 saturated heterocycles. The molecule has 0 saturated carbocycles. The second kappa shape index (κ2) is 10.2. The van der Waals surface area contributed by atoms with Gasteiger partial charge in [0.25, 0.3) is 0 Å². The van der Waals surface area contributed by atoms with Crippen LogP contribution in [0.2, 0.25) is 10.0 Å². The van der Waals surface area contributed by atoms with Gasteiger partial charge in [-0.3, -0.25) is 9.59 Å². The summed E-state index contributed by atoms with van der Waals surface area (Å²) < 4.78 is 27.3. The van der Waals surface area contributed by atoms with E-state index in [9.17, 15) is 18.0 Å². The average Bonchev–Trinajstić information content (AvgIpc) is 3.31. The third kappa shape index (κ3) is 5.25. The molecule has 1 N–H and O–H groups in total. The van der Waals surface area contributed by atoms with E-state index in [4.69, 9.17) is 23.2 Å². The molecule has 4 rings (SSSR count). The Morgan fingerprint density at radius 2 is 1.65 bits per heavy atom. The number of anilines is 1. The summed E-state index contributed by atoms with van der Waals surface area (Å²) in [5, 5.41) is 3.61. The number of piperidine rings is 1. The monoisotopic (exact) mass is 523 g/mol. The molecule has 2 aromatic carbocycles. The van der Waals surface area contributed by atoms with Gasteiger partial charge in [0, 0.05) is 30.6 Å². The van der Waals surface area contributed by atoms with Crippen molar-refractivity contribution in [1.29, 1.82) is 0 Å². The molecule has 2 fully saturated rings. The molecule has 0 radical (unpaired) electrons. The molecule has 10 heteroatoms. The van der Waals surface area contributed by atoms with Gasteiger partial charge in [0.15, 0.2) is 0 Å². The van der Waals surface area contributed by atoms with Crippen LogP contribution in [-0.2, 0) is 19.6 Å². The van der Waals surface area contributed by atoms with Crippen LogP contribution in [0.1, 0.15) is 31.2 Å². The van der Waals surface area contributed by atoms with Gasteiger partial charge in [0.2, 0.25) is 21.8 Å². The summed E-state index contributed by atoms with van der Waals surface area (Å²) in [6, 6.07) is 11.0. The first-order valence-corrected chi connectivity index (χ1v) is 13.5. The topological polar surface area (TPSA) is 86.8 Å². The SMILES string of the molecule is Cc1ccc(S(=O)(=O)N2CCC(C(=O)N3CCCC3C(=O)Nc3ccc(Cl)cc3Cl)CC2)cc1. The van der Waals surface area contributed by atoms with Gasteiger partial charge in [-0.25, -0.2) is 8.42 Å². The maximum absolute atomic E-state index is 13.3. The number of hydrogen-bond acceptors (Lipinski definition) is 4. The van der Waals surface area contributed by atoms with Gasteiger partial charge in [0.05, 0.1) is 15.6 Å². The highest BCUT2D eigenvalue weighted by molar-refractivity contribution is 7.89. The zero-order valence-electron chi connectivity index (χ0n) is 18.8. The fourth-order valence-corrected chi connectivity index (χ4v) is 6.47. The van der Waals surface area contributed by atoms with Gasteiger partial charge in [0.1, 0.15) is 6.04 Å². The number of halogens is 2. The van der Waals surface area contributed by atoms with E-state index in [-0.39, 0.29) is 35.7 Å². The molecule has 0 aromatic heterocycles. The first-order valence-electron chi connectivity index (χ1n) is 11.3. The van der Waals surface area contributed by atoms with Gasteiger partial charge in [-0.05, 0) is 62.9 Å². The van der Waals surface area contributed by atoms with Crippen molar-refractivity contribution in [1.82, 2.24) is 9.21 Å². The molecule has 0 spiro atoms. The van der Waals surface area contributed by atoms with Crippen LogP contribution >= 0.6 is 23.2 Å². The van der Waals surface area contributed by atoms with Crippen molar-refractivity contribution in [3.8, 4) is 0 Å². The summed E-state index contributed by atoms with van der Waals surface area (Å²) in [5.41, 5.74) is 1.44. The smallest absolute Gasteiger partial charge is 0.247 e. The van der Waals surface area contributed by atoms with Crippen molar-refractivity contribution in [2.75, 3.05) is 25.0 Å². The van der Waals surface area contributed by atoms with E-state index in [2.05, 4.69) is 5.32 Å². The van der Waals surface area contributed by atoms with Crippen molar-refractivity contribution >= 4 is 50.7 Å². The number of benzene rings is 2. The van der Waals surface area contributed by atoms with Crippen molar-refractivity contribution in [2.24, 2.45) is 5.92 Å². The molecule has 2 aromatic rings. The van der Waals surface area contributed by atoms with E-state index in [1.807, 2.05) is 6.92 Å². The molecule has 2 heterocycles. The molecule has 1 atom stereocenters. The highest BCUT2D eigenvalue weighted by Gasteiger charge is 2.39. The maximum atomic E-state index is 13.3. The second-order valence-corrected chi connectivity index (χ2v) is 11.6. The first kappa shape index (κ1) is 25.0. The van der Waals surface area contributed by atoms with Gasteiger partial charge < -0.3 is 10.2 Å². The summed E-state index contributed by atoms with van der Waals surface area (Å²) in [6.45, 7) is 2.96. The first-order chi connectivity index (χ1) is 16.2. The summed E-state index contributed by atoms with van der Waals surface area (Å²) in [4.78, 5) is 28.1. The number of nitrogens with one attached hydrogen (secondary N) is 1.